The Balaban J connectivity index is 3.03. The second-order valence-corrected chi connectivity index (χ2v) is 5.39. The standard InChI is InChI=1S/C9H13N3O3S/c1-6(2)5-11-16(13,14)9-8(4-10)12-7(3)15-9/h6,11H,5H2,1-3H3. The molecule has 0 saturated carbocycles. The Kier molecular flexibility index (Phi) is 3.67. The van der Waals surface area contributed by atoms with Crippen LogP contribution in [0.3, 0.4) is 0 Å². The molecule has 0 bridgehead atoms. The summed E-state index contributed by atoms with van der Waals surface area (Å²) in [5.74, 6) is 0.325. The van der Waals surface area contributed by atoms with Crippen molar-refractivity contribution >= 4 is 10.0 Å². The molecule has 0 amide bonds. The van der Waals surface area contributed by atoms with Gasteiger partial charge in [-0.3, -0.25) is 0 Å². The third-order valence-electron chi connectivity index (χ3n) is 1.73. The minimum absolute atomic E-state index is 0.154. The van der Waals surface area contributed by atoms with Crippen molar-refractivity contribution in [3.63, 3.8) is 0 Å². The van der Waals surface area contributed by atoms with Crippen molar-refractivity contribution in [2.24, 2.45) is 5.92 Å². The Labute approximate surface area is 94.3 Å². The van der Waals surface area contributed by atoms with E-state index in [0.717, 1.165) is 0 Å². The summed E-state index contributed by atoms with van der Waals surface area (Å²) in [7, 11) is -3.78. The van der Waals surface area contributed by atoms with E-state index in [1.807, 2.05) is 13.8 Å². The van der Waals surface area contributed by atoms with E-state index >= 15 is 0 Å². The summed E-state index contributed by atoms with van der Waals surface area (Å²) >= 11 is 0. The fourth-order valence-corrected chi connectivity index (χ4v) is 2.26. The highest BCUT2D eigenvalue weighted by molar-refractivity contribution is 7.89. The number of hydrogen-bond acceptors (Lipinski definition) is 5. The smallest absolute Gasteiger partial charge is 0.277 e. The van der Waals surface area contributed by atoms with Crippen molar-refractivity contribution < 1.29 is 12.8 Å². The zero-order chi connectivity index (χ0) is 12.3. The van der Waals surface area contributed by atoms with Crippen LogP contribution < -0.4 is 4.72 Å². The van der Waals surface area contributed by atoms with Gasteiger partial charge in [0.1, 0.15) is 6.07 Å². The van der Waals surface area contributed by atoms with Crippen LogP contribution in [0.4, 0.5) is 0 Å². The Morgan fingerprint density at radius 3 is 2.69 bits per heavy atom. The quantitative estimate of drug-likeness (QED) is 0.843. The molecule has 0 saturated heterocycles. The molecule has 0 radical (unpaired) electrons. The van der Waals surface area contributed by atoms with E-state index in [4.69, 9.17) is 9.68 Å². The van der Waals surface area contributed by atoms with Gasteiger partial charge in [-0.2, -0.15) is 5.26 Å². The van der Waals surface area contributed by atoms with Crippen molar-refractivity contribution in [2.75, 3.05) is 6.54 Å². The molecule has 1 heterocycles. The molecular formula is C9H13N3O3S. The van der Waals surface area contributed by atoms with Crippen molar-refractivity contribution in [3.8, 4) is 6.07 Å². The van der Waals surface area contributed by atoms with Crippen LogP contribution in [0.15, 0.2) is 9.51 Å². The third kappa shape index (κ3) is 2.81. The predicted octanol–water partition coefficient (Wildman–Crippen LogP) is 0.789. The first-order chi connectivity index (χ1) is 7.36. The Hall–Kier alpha value is -1.39. The molecule has 6 nitrogen and oxygen atoms in total. The van der Waals surface area contributed by atoms with E-state index in [1.54, 1.807) is 6.07 Å². The van der Waals surface area contributed by atoms with Crippen LogP contribution >= 0.6 is 0 Å². The maximum atomic E-state index is 11.7. The van der Waals surface area contributed by atoms with Crippen molar-refractivity contribution in [2.45, 2.75) is 25.9 Å². The van der Waals surface area contributed by atoms with E-state index in [9.17, 15) is 8.42 Å². The molecule has 1 N–H and O–H groups in total. The molecule has 1 rings (SSSR count). The summed E-state index contributed by atoms with van der Waals surface area (Å²) in [6, 6.07) is 1.69. The van der Waals surface area contributed by atoms with Crippen LogP contribution in [-0.4, -0.2) is 19.9 Å². The lowest BCUT2D eigenvalue weighted by Gasteiger charge is -2.05. The molecule has 16 heavy (non-hydrogen) atoms. The summed E-state index contributed by atoms with van der Waals surface area (Å²) in [6.07, 6.45) is 0. The molecule has 1 aromatic heterocycles. The van der Waals surface area contributed by atoms with Gasteiger partial charge in [0, 0.05) is 13.5 Å². The lowest BCUT2D eigenvalue weighted by molar-refractivity contribution is 0.417. The maximum Gasteiger partial charge on any atom is 0.277 e. The molecule has 88 valence electrons. The molecule has 0 aliphatic carbocycles. The first-order valence-corrected chi connectivity index (χ1v) is 6.22. The minimum Gasteiger partial charge on any atom is -0.427 e. The molecule has 0 aliphatic rings. The minimum atomic E-state index is -3.78. The van der Waals surface area contributed by atoms with Crippen LogP contribution in [0.25, 0.3) is 0 Å². The molecule has 0 aromatic carbocycles. The fraction of sp³-hybridized carbons (Fsp3) is 0.556. The topological polar surface area (TPSA) is 96.0 Å². The van der Waals surface area contributed by atoms with Crippen molar-refractivity contribution in [3.05, 3.63) is 11.6 Å². The summed E-state index contributed by atoms with van der Waals surface area (Å²) < 4.78 is 30.7. The zero-order valence-electron chi connectivity index (χ0n) is 9.31. The Bertz CT molecular complexity index is 511. The lowest BCUT2D eigenvalue weighted by atomic mass is 10.2. The summed E-state index contributed by atoms with van der Waals surface area (Å²) in [5, 5.41) is 8.30. The van der Waals surface area contributed by atoms with Gasteiger partial charge in [-0.25, -0.2) is 18.1 Å². The molecule has 0 aliphatic heterocycles. The molecule has 0 atom stereocenters. The van der Waals surface area contributed by atoms with Crippen LogP contribution in [0.2, 0.25) is 0 Å². The average molecular weight is 243 g/mol. The number of aromatic nitrogens is 1. The molecular weight excluding hydrogens is 230 g/mol. The van der Waals surface area contributed by atoms with Gasteiger partial charge >= 0.3 is 0 Å². The number of nitrogens with one attached hydrogen (secondary N) is 1. The second kappa shape index (κ2) is 4.63. The van der Waals surface area contributed by atoms with E-state index in [1.165, 1.54) is 6.92 Å². The van der Waals surface area contributed by atoms with Crippen LogP contribution in [0.5, 0.6) is 0 Å². The van der Waals surface area contributed by atoms with Crippen LogP contribution in [0.1, 0.15) is 25.4 Å². The van der Waals surface area contributed by atoms with Gasteiger partial charge in [0.15, 0.2) is 11.6 Å². The van der Waals surface area contributed by atoms with Gasteiger partial charge in [-0.05, 0) is 5.92 Å². The highest BCUT2D eigenvalue weighted by Crippen LogP contribution is 2.15. The summed E-state index contributed by atoms with van der Waals surface area (Å²) in [6.45, 7) is 5.52. The largest absolute Gasteiger partial charge is 0.427 e. The fourth-order valence-electron chi connectivity index (χ4n) is 1.00. The highest BCUT2D eigenvalue weighted by Gasteiger charge is 2.25. The number of nitriles is 1. The zero-order valence-corrected chi connectivity index (χ0v) is 10.1. The maximum absolute atomic E-state index is 11.7. The first kappa shape index (κ1) is 12.7. The van der Waals surface area contributed by atoms with Gasteiger partial charge < -0.3 is 4.42 Å². The molecule has 0 unspecified atom stereocenters. The Morgan fingerprint density at radius 1 is 1.56 bits per heavy atom. The number of oxazole rings is 1. The molecule has 0 fully saturated rings. The van der Waals surface area contributed by atoms with Crippen molar-refractivity contribution in [1.29, 1.82) is 5.26 Å². The third-order valence-corrected chi connectivity index (χ3v) is 3.05. The average Bonchev–Trinajstić information content (AvgIpc) is 2.57. The van der Waals surface area contributed by atoms with Gasteiger partial charge in [0.2, 0.25) is 0 Å². The summed E-state index contributed by atoms with van der Waals surface area (Å²) in [5.41, 5.74) is -0.214. The number of hydrogen-bond donors (Lipinski definition) is 1. The number of rotatable bonds is 4. The Morgan fingerprint density at radius 2 is 2.19 bits per heavy atom. The molecule has 1 aromatic rings. The van der Waals surface area contributed by atoms with Crippen LogP contribution in [0, 0.1) is 24.2 Å². The molecule has 0 spiro atoms. The van der Waals surface area contributed by atoms with Crippen molar-refractivity contribution in [1.82, 2.24) is 9.71 Å². The van der Waals surface area contributed by atoms with Crippen LogP contribution in [-0.2, 0) is 10.0 Å². The van der Waals surface area contributed by atoms with E-state index in [2.05, 4.69) is 9.71 Å². The molecule has 7 heteroatoms. The van der Waals surface area contributed by atoms with Gasteiger partial charge in [0.05, 0.1) is 0 Å². The van der Waals surface area contributed by atoms with Gasteiger partial charge in [-0.1, -0.05) is 13.8 Å². The number of aryl methyl sites for hydroxylation is 1. The number of nitrogens with zero attached hydrogens (tertiary/aromatic N) is 2. The van der Waals surface area contributed by atoms with E-state index in [0.29, 0.717) is 0 Å². The normalized spacial score (nSPS) is 11.7. The van der Waals surface area contributed by atoms with Gasteiger partial charge in [-0.15, -0.1) is 0 Å². The lowest BCUT2D eigenvalue weighted by Crippen LogP contribution is -2.27. The highest BCUT2D eigenvalue weighted by atomic mass is 32.2. The van der Waals surface area contributed by atoms with Gasteiger partial charge in [0.25, 0.3) is 15.1 Å². The second-order valence-electron chi connectivity index (χ2n) is 3.73. The number of sulfonamides is 1. The van der Waals surface area contributed by atoms with E-state index < -0.39 is 15.1 Å². The SMILES string of the molecule is Cc1nc(C#N)c(S(=O)(=O)NCC(C)C)o1. The monoisotopic (exact) mass is 243 g/mol. The predicted molar refractivity (Wildman–Crippen MR) is 56.0 cm³/mol. The first-order valence-electron chi connectivity index (χ1n) is 4.74. The van der Waals surface area contributed by atoms with E-state index in [-0.39, 0.29) is 24.0 Å². The summed E-state index contributed by atoms with van der Waals surface area (Å²) in [4.78, 5) is 3.68.